The van der Waals surface area contributed by atoms with Gasteiger partial charge in [0.25, 0.3) is 0 Å². The summed E-state index contributed by atoms with van der Waals surface area (Å²) >= 11 is 0. The second-order valence-electron chi connectivity index (χ2n) is 7.67. The minimum atomic E-state index is -0.974. The Morgan fingerprint density at radius 3 is 2.42 bits per heavy atom. The van der Waals surface area contributed by atoms with Crippen molar-refractivity contribution in [2.24, 2.45) is 5.92 Å². The molecule has 24 heavy (non-hydrogen) atoms. The number of nitrogens with one attached hydrogen (secondary N) is 2. The molecule has 1 aliphatic carbocycles. The van der Waals surface area contributed by atoms with E-state index in [0.29, 0.717) is 6.54 Å². The van der Waals surface area contributed by atoms with Crippen molar-refractivity contribution in [2.45, 2.75) is 83.8 Å². The van der Waals surface area contributed by atoms with E-state index in [0.717, 1.165) is 18.8 Å². The Labute approximate surface area is 145 Å². The third-order valence-electron chi connectivity index (χ3n) is 4.25. The molecule has 0 radical (unpaired) electrons. The molecule has 1 rings (SSSR count). The summed E-state index contributed by atoms with van der Waals surface area (Å²) in [4.78, 5) is 23.7. The SMILES string of the molecule is CC(C)(C)OC(=O)N[C@@H](CO)C(=O)NCCCCC1CCCCC1. The molecule has 0 aromatic rings. The van der Waals surface area contributed by atoms with Crippen molar-refractivity contribution >= 4 is 12.0 Å². The van der Waals surface area contributed by atoms with Crippen LogP contribution in [0.25, 0.3) is 0 Å². The Balaban J connectivity index is 2.18. The zero-order valence-corrected chi connectivity index (χ0v) is 15.4. The molecule has 6 heteroatoms. The van der Waals surface area contributed by atoms with E-state index in [9.17, 15) is 14.7 Å². The summed E-state index contributed by atoms with van der Waals surface area (Å²) in [6.07, 6.45) is 9.34. The molecule has 1 fully saturated rings. The highest BCUT2D eigenvalue weighted by atomic mass is 16.6. The third kappa shape index (κ3) is 9.11. The number of ether oxygens (including phenoxy) is 1. The van der Waals surface area contributed by atoms with Gasteiger partial charge >= 0.3 is 6.09 Å². The fourth-order valence-corrected chi connectivity index (χ4v) is 3.01. The predicted molar refractivity (Wildman–Crippen MR) is 93.7 cm³/mol. The number of carbonyl (C=O) groups is 2. The number of hydrogen-bond donors (Lipinski definition) is 3. The molecule has 1 saturated carbocycles. The molecule has 140 valence electrons. The lowest BCUT2D eigenvalue weighted by molar-refractivity contribution is -0.124. The van der Waals surface area contributed by atoms with Gasteiger partial charge in [-0.3, -0.25) is 4.79 Å². The van der Waals surface area contributed by atoms with Crippen LogP contribution in [0.3, 0.4) is 0 Å². The molecule has 0 unspecified atom stereocenters. The maximum absolute atomic E-state index is 12.0. The molecular formula is C18H34N2O4. The van der Waals surface area contributed by atoms with Crippen LogP contribution >= 0.6 is 0 Å². The molecule has 6 nitrogen and oxygen atoms in total. The summed E-state index contributed by atoms with van der Waals surface area (Å²) in [6.45, 7) is 5.35. The van der Waals surface area contributed by atoms with Gasteiger partial charge in [0, 0.05) is 6.54 Å². The van der Waals surface area contributed by atoms with Crippen molar-refractivity contribution in [2.75, 3.05) is 13.2 Å². The van der Waals surface area contributed by atoms with Crippen LogP contribution in [0.5, 0.6) is 0 Å². The van der Waals surface area contributed by atoms with E-state index >= 15 is 0 Å². The summed E-state index contributed by atoms with van der Waals surface area (Å²) in [7, 11) is 0. The van der Waals surface area contributed by atoms with E-state index in [1.54, 1.807) is 20.8 Å². The molecule has 1 atom stereocenters. The van der Waals surface area contributed by atoms with Gasteiger partial charge in [-0.1, -0.05) is 44.9 Å². The first kappa shape index (κ1) is 20.7. The number of carbonyl (C=O) groups excluding carboxylic acids is 2. The lowest BCUT2D eigenvalue weighted by Gasteiger charge is -2.22. The number of amides is 2. The van der Waals surface area contributed by atoms with Crippen LogP contribution in [0.1, 0.15) is 72.1 Å². The van der Waals surface area contributed by atoms with Crippen molar-refractivity contribution in [3.05, 3.63) is 0 Å². The summed E-state index contributed by atoms with van der Waals surface area (Å²) in [5, 5.41) is 14.4. The van der Waals surface area contributed by atoms with Gasteiger partial charge in [-0.2, -0.15) is 0 Å². The minimum Gasteiger partial charge on any atom is -0.444 e. The first-order valence-corrected chi connectivity index (χ1v) is 9.20. The van der Waals surface area contributed by atoms with Gasteiger partial charge in [0.2, 0.25) is 5.91 Å². The van der Waals surface area contributed by atoms with E-state index in [2.05, 4.69) is 10.6 Å². The number of alkyl carbamates (subject to hydrolysis) is 1. The van der Waals surface area contributed by atoms with E-state index in [1.165, 1.54) is 38.5 Å². The summed E-state index contributed by atoms with van der Waals surface area (Å²) in [6, 6.07) is -0.974. The third-order valence-corrected chi connectivity index (χ3v) is 4.25. The number of hydrogen-bond acceptors (Lipinski definition) is 4. The van der Waals surface area contributed by atoms with E-state index in [-0.39, 0.29) is 5.91 Å². The number of rotatable bonds is 8. The van der Waals surface area contributed by atoms with Crippen molar-refractivity contribution in [3.8, 4) is 0 Å². The van der Waals surface area contributed by atoms with Crippen LogP contribution in [0, 0.1) is 5.92 Å². The average Bonchev–Trinajstić information content (AvgIpc) is 2.51. The number of aliphatic hydroxyl groups is 1. The number of aliphatic hydroxyl groups excluding tert-OH is 1. The standard InChI is InChI=1S/C18H34N2O4/c1-18(2,3)24-17(23)20-15(13-21)16(22)19-12-8-7-11-14-9-5-4-6-10-14/h14-15,21H,4-13H2,1-3H3,(H,19,22)(H,20,23)/t15-/m0/s1. The van der Waals surface area contributed by atoms with Gasteiger partial charge in [0.05, 0.1) is 6.61 Å². The summed E-state index contributed by atoms with van der Waals surface area (Å²) in [5.41, 5.74) is -0.639. The van der Waals surface area contributed by atoms with Crippen molar-refractivity contribution in [1.82, 2.24) is 10.6 Å². The van der Waals surface area contributed by atoms with Crippen LogP contribution < -0.4 is 10.6 Å². The zero-order chi connectivity index (χ0) is 18.0. The molecule has 0 aromatic carbocycles. The average molecular weight is 342 g/mol. The molecule has 0 spiro atoms. The second kappa shape index (κ2) is 10.5. The quantitative estimate of drug-likeness (QED) is 0.592. The number of unbranched alkanes of at least 4 members (excludes halogenated alkanes) is 1. The Bertz CT molecular complexity index is 387. The Morgan fingerprint density at radius 1 is 1.17 bits per heavy atom. The zero-order valence-electron chi connectivity index (χ0n) is 15.4. The molecule has 3 N–H and O–H groups in total. The maximum Gasteiger partial charge on any atom is 0.408 e. The Morgan fingerprint density at radius 2 is 1.83 bits per heavy atom. The molecule has 0 aliphatic heterocycles. The molecule has 2 amide bonds. The first-order valence-electron chi connectivity index (χ1n) is 9.20. The van der Waals surface area contributed by atoms with Gasteiger partial charge in [-0.05, 0) is 33.1 Å². The van der Waals surface area contributed by atoms with Crippen LogP contribution in [-0.2, 0) is 9.53 Å². The van der Waals surface area contributed by atoms with Gasteiger partial charge in [0.1, 0.15) is 11.6 Å². The summed E-state index contributed by atoms with van der Waals surface area (Å²) in [5.74, 6) is 0.481. The molecular weight excluding hydrogens is 308 g/mol. The monoisotopic (exact) mass is 342 g/mol. The van der Waals surface area contributed by atoms with Crippen molar-refractivity contribution < 1.29 is 19.4 Å². The van der Waals surface area contributed by atoms with E-state index in [1.807, 2.05) is 0 Å². The fourth-order valence-electron chi connectivity index (χ4n) is 3.01. The van der Waals surface area contributed by atoms with Crippen LogP contribution in [0.15, 0.2) is 0 Å². The van der Waals surface area contributed by atoms with Crippen LogP contribution in [0.2, 0.25) is 0 Å². The highest BCUT2D eigenvalue weighted by Gasteiger charge is 2.23. The topological polar surface area (TPSA) is 87.7 Å². The molecule has 0 bridgehead atoms. The van der Waals surface area contributed by atoms with E-state index in [4.69, 9.17) is 4.74 Å². The van der Waals surface area contributed by atoms with Crippen molar-refractivity contribution in [1.29, 1.82) is 0 Å². The summed E-state index contributed by atoms with van der Waals surface area (Å²) < 4.78 is 5.09. The van der Waals surface area contributed by atoms with Gasteiger partial charge in [-0.15, -0.1) is 0 Å². The highest BCUT2D eigenvalue weighted by Crippen LogP contribution is 2.27. The van der Waals surface area contributed by atoms with Gasteiger partial charge in [-0.25, -0.2) is 4.79 Å². The Kier molecular flexibility index (Phi) is 9.11. The largest absolute Gasteiger partial charge is 0.444 e. The lowest BCUT2D eigenvalue weighted by atomic mass is 9.86. The second-order valence-corrected chi connectivity index (χ2v) is 7.67. The first-order chi connectivity index (χ1) is 11.3. The normalized spacial score (nSPS) is 17.2. The maximum atomic E-state index is 12.0. The van der Waals surface area contributed by atoms with E-state index < -0.39 is 24.3 Å². The Hall–Kier alpha value is -1.30. The predicted octanol–water partition coefficient (Wildman–Crippen LogP) is 2.74. The minimum absolute atomic E-state index is 0.374. The highest BCUT2D eigenvalue weighted by molar-refractivity contribution is 5.85. The van der Waals surface area contributed by atoms with Gasteiger partial charge < -0.3 is 20.5 Å². The van der Waals surface area contributed by atoms with Gasteiger partial charge in [0.15, 0.2) is 0 Å². The fraction of sp³-hybridized carbons (Fsp3) is 0.889. The van der Waals surface area contributed by atoms with Crippen LogP contribution in [-0.4, -0.2) is 41.9 Å². The molecule has 0 aromatic heterocycles. The molecule has 0 saturated heterocycles. The molecule has 0 heterocycles. The lowest BCUT2D eigenvalue weighted by Crippen LogP contribution is -2.50. The smallest absolute Gasteiger partial charge is 0.408 e. The van der Waals surface area contributed by atoms with Crippen LogP contribution in [0.4, 0.5) is 4.79 Å². The van der Waals surface area contributed by atoms with Crippen molar-refractivity contribution in [3.63, 3.8) is 0 Å². The molecule has 1 aliphatic rings.